The first-order chi connectivity index (χ1) is 13.3. The summed E-state index contributed by atoms with van der Waals surface area (Å²) in [4.78, 5) is 13.7. The number of benzene rings is 1. The molecule has 1 fully saturated rings. The van der Waals surface area contributed by atoms with Gasteiger partial charge in [-0.3, -0.25) is 10.1 Å². The van der Waals surface area contributed by atoms with Crippen LogP contribution in [0.15, 0.2) is 22.7 Å². The Balaban J connectivity index is 2.18. The summed E-state index contributed by atoms with van der Waals surface area (Å²) in [6.07, 6.45) is 4.39. The fourth-order valence-electron chi connectivity index (χ4n) is 3.79. The molecule has 1 aliphatic rings. The first-order valence-corrected chi connectivity index (χ1v) is 14.4. The van der Waals surface area contributed by atoms with E-state index in [1.165, 1.54) is 0 Å². The van der Waals surface area contributed by atoms with Gasteiger partial charge in [0.15, 0.2) is 8.32 Å². The van der Waals surface area contributed by atoms with E-state index in [0.29, 0.717) is 18.1 Å². The highest BCUT2D eigenvalue weighted by atomic mass is 79.9. The van der Waals surface area contributed by atoms with Crippen molar-refractivity contribution in [2.45, 2.75) is 90.6 Å². The first kappa shape index (κ1) is 24.3. The Morgan fingerprint density at radius 2 is 1.83 bits per heavy atom. The van der Waals surface area contributed by atoms with Crippen LogP contribution < -0.4 is 4.90 Å². The molecule has 0 heterocycles. The van der Waals surface area contributed by atoms with Crippen molar-refractivity contribution in [3.63, 3.8) is 0 Å². The highest BCUT2D eigenvalue weighted by Gasteiger charge is 2.40. The number of hydrogen-bond acceptors (Lipinski definition) is 4. The summed E-state index contributed by atoms with van der Waals surface area (Å²) in [5.74, 6) is 0.430. The second-order valence-electron chi connectivity index (χ2n) is 10.2. The van der Waals surface area contributed by atoms with Crippen LogP contribution in [0.2, 0.25) is 18.1 Å². The van der Waals surface area contributed by atoms with E-state index in [9.17, 15) is 10.1 Å². The van der Waals surface area contributed by atoms with Gasteiger partial charge in [-0.25, -0.2) is 0 Å². The zero-order chi connectivity index (χ0) is 22.0. The van der Waals surface area contributed by atoms with E-state index in [0.717, 1.165) is 42.4 Å². The molecule has 0 aliphatic heterocycles. The van der Waals surface area contributed by atoms with Gasteiger partial charge in [0.05, 0.1) is 4.92 Å². The second kappa shape index (κ2) is 9.48. The fourth-order valence-corrected chi connectivity index (χ4v) is 5.56. The number of nitro groups is 1. The van der Waals surface area contributed by atoms with Gasteiger partial charge < -0.3 is 9.33 Å². The number of nitrogens with zero attached hydrogens (tertiary/aromatic N) is 2. The van der Waals surface area contributed by atoms with Gasteiger partial charge in [0.1, 0.15) is 5.69 Å². The van der Waals surface area contributed by atoms with Gasteiger partial charge in [-0.1, -0.05) is 50.5 Å². The predicted molar refractivity (Wildman–Crippen MR) is 127 cm³/mol. The van der Waals surface area contributed by atoms with Gasteiger partial charge in [-0.2, -0.15) is 0 Å². The van der Waals surface area contributed by atoms with Crippen LogP contribution in [-0.4, -0.2) is 31.9 Å². The molecule has 164 valence electrons. The molecule has 0 atom stereocenters. The molecule has 0 radical (unpaired) electrons. The predicted octanol–water partition coefficient (Wildman–Crippen LogP) is 7.15. The molecule has 0 saturated heterocycles. The number of halogens is 1. The lowest BCUT2D eigenvalue weighted by molar-refractivity contribution is -0.384. The van der Waals surface area contributed by atoms with Crippen molar-refractivity contribution < 1.29 is 9.35 Å². The van der Waals surface area contributed by atoms with Crippen LogP contribution in [-0.2, 0) is 4.43 Å². The molecule has 1 aromatic rings. The molecule has 1 aromatic carbocycles. The average molecular weight is 486 g/mol. The fraction of sp³-hybridized carbons (Fsp3) is 0.727. The summed E-state index contributed by atoms with van der Waals surface area (Å²) < 4.78 is 7.38. The van der Waals surface area contributed by atoms with E-state index >= 15 is 0 Å². The molecular formula is C22H37BrN2O3Si. The quantitative estimate of drug-likeness (QED) is 0.234. The third-order valence-corrected chi connectivity index (χ3v) is 11.4. The number of hydrogen-bond donors (Lipinski definition) is 0. The molecule has 1 saturated carbocycles. The number of rotatable bonds is 7. The Morgan fingerprint density at radius 3 is 2.31 bits per heavy atom. The maximum absolute atomic E-state index is 11.7. The molecule has 5 nitrogen and oxygen atoms in total. The van der Waals surface area contributed by atoms with Crippen molar-refractivity contribution in [3.8, 4) is 0 Å². The van der Waals surface area contributed by atoms with E-state index < -0.39 is 8.32 Å². The lowest BCUT2D eigenvalue weighted by atomic mass is 9.91. The minimum Gasteiger partial charge on any atom is -0.414 e. The molecule has 0 amide bonds. The van der Waals surface area contributed by atoms with Crippen molar-refractivity contribution in [3.05, 3.63) is 32.8 Å². The molecule has 2 rings (SSSR count). The van der Waals surface area contributed by atoms with Crippen molar-refractivity contribution in [1.82, 2.24) is 0 Å². The van der Waals surface area contributed by atoms with E-state index in [2.05, 4.69) is 68.5 Å². The zero-order valence-corrected chi connectivity index (χ0v) is 21.6. The van der Waals surface area contributed by atoms with E-state index in [4.69, 9.17) is 4.43 Å². The lowest BCUT2D eigenvalue weighted by Gasteiger charge is -2.43. The van der Waals surface area contributed by atoms with Crippen LogP contribution in [0.4, 0.5) is 11.4 Å². The molecular weight excluding hydrogens is 448 g/mol. The van der Waals surface area contributed by atoms with Gasteiger partial charge in [0.2, 0.25) is 0 Å². The first-order valence-electron chi connectivity index (χ1n) is 10.7. The van der Waals surface area contributed by atoms with Crippen LogP contribution in [0.5, 0.6) is 0 Å². The molecule has 1 aliphatic carbocycles. The Morgan fingerprint density at radius 1 is 1.24 bits per heavy atom. The van der Waals surface area contributed by atoms with Gasteiger partial charge in [0, 0.05) is 29.2 Å². The molecule has 0 bridgehead atoms. The normalized spacial score (nSPS) is 20.7. The number of nitro benzene ring substituents is 1. The second-order valence-corrected chi connectivity index (χ2v) is 15.9. The Kier molecular flexibility index (Phi) is 7.96. The van der Waals surface area contributed by atoms with Crippen LogP contribution in [0.1, 0.15) is 60.3 Å². The smallest absolute Gasteiger partial charge is 0.293 e. The molecule has 29 heavy (non-hydrogen) atoms. The number of anilines is 1. The molecule has 0 aromatic heterocycles. The SMILES string of the molecule is CC(C)CN(c1ccc(Br)cc1[N+](=O)[O-])C1CCC(O[Si](C)(C)C(C)(C)C)CC1. The standard InChI is InChI=1S/C22H37BrN2O3Si/c1-16(2)15-24(20-13-8-17(23)14-21(20)25(26)27)18-9-11-19(12-10-18)28-29(6,7)22(3,4)5/h8,13-14,16,18-19H,9-12,15H2,1-7H3. The third-order valence-electron chi connectivity index (χ3n) is 6.36. The summed E-state index contributed by atoms with van der Waals surface area (Å²) in [6.45, 7) is 16.6. The van der Waals surface area contributed by atoms with E-state index in [-0.39, 0.29) is 15.6 Å². The molecule has 0 N–H and O–H groups in total. The van der Waals surface area contributed by atoms with Crippen molar-refractivity contribution in [2.24, 2.45) is 5.92 Å². The topological polar surface area (TPSA) is 55.6 Å². The molecule has 0 spiro atoms. The third kappa shape index (κ3) is 6.28. The average Bonchev–Trinajstić information content (AvgIpc) is 2.59. The van der Waals surface area contributed by atoms with Crippen LogP contribution in [0, 0.1) is 16.0 Å². The van der Waals surface area contributed by atoms with Crippen molar-refractivity contribution in [2.75, 3.05) is 11.4 Å². The summed E-state index contributed by atoms with van der Waals surface area (Å²) in [5.41, 5.74) is 0.917. The largest absolute Gasteiger partial charge is 0.414 e. The monoisotopic (exact) mass is 484 g/mol. The maximum Gasteiger partial charge on any atom is 0.293 e. The highest BCUT2D eigenvalue weighted by molar-refractivity contribution is 9.10. The minimum absolute atomic E-state index is 0.180. The Hall–Kier alpha value is -0.923. The maximum atomic E-state index is 11.7. The molecule has 0 unspecified atom stereocenters. The molecule has 7 heteroatoms. The lowest BCUT2D eigenvalue weighted by Crippen LogP contribution is -2.47. The summed E-state index contributed by atoms with van der Waals surface area (Å²) in [6, 6.07) is 5.73. The van der Waals surface area contributed by atoms with E-state index in [1.807, 2.05) is 12.1 Å². The van der Waals surface area contributed by atoms with Gasteiger partial charge in [0.25, 0.3) is 5.69 Å². The van der Waals surface area contributed by atoms with Crippen molar-refractivity contribution >= 4 is 35.6 Å². The highest BCUT2D eigenvalue weighted by Crippen LogP contribution is 2.41. The zero-order valence-electron chi connectivity index (χ0n) is 19.0. The Bertz CT molecular complexity index is 710. The van der Waals surface area contributed by atoms with Crippen molar-refractivity contribution in [1.29, 1.82) is 0 Å². The van der Waals surface area contributed by atoms with Crippen LogP contribution >= 0.6 is 15.9 Å². The van der Waals surface area contributed by atoms with Gasteiger partial charge in [-0.05, 0) is 61.9 Å². The minimum atomic E-state index is -1.77. The summed E-state index contributed by atoms with van der Waals surface area (Å²) >= 11 is 3.38. The van der Waals surface area contributed by atoms with Gasteiger partial charge >= 0.3 is 0 Å². The van der Waals surface area contributed by atoms with Crippen LogP contribution in [0.25, 0.3) is 0 Å². The summed E-state index contributed by atoms with van der Waals surface area (Å²) in [5, 5.41) is 11.9. The van der Waals surface area contributed by atoms with Crippen LogP contribution in [0.3, 0.4) is 0 Å². The summed E-state index contributed by atoms with van der Waals surface area (Å²) in [7, 11) is -1.77. The van der Waals surface area contributed by atoms with E-state index in [1.54, 1.807) is 6.07 Å². The Labute approximate surface area is 185 Å². The van der Waals surface area contributed by atoms with Gasteiger partial charge in [-0.15, -0.1) is 0 Å².